The molecule has 1 aromatic heterocycles. The van der Waals surface area contributed by atoms with E-state index in [0.29, 0.717) is 6.54 Å². The van der Waals surface area contributed by atoms with Crippen molar-refractivity contribution in [2.24, 2.45) is 0 Å². The van der Waals surface area contributed by atoms with Crippen LogP contribution in [0.1, 0.15) is 37.4 Å². The van der Waals surface area contributed by atoms with Gasteiger partial charge in [0, 0.05) is 6.20 Å². The van der Waals surface area contributed by atoms with Crippen LogP contribution < -0.4 is 5.32 Å². The largest absolute Gasteiger partial charge is 0.394 e. The van der Waals surface area contributed by atoms with Crippen LogP contribution in [0, 0.1) is 0 Å². The minimum atomic E-state index is 0.108. The summed E-state index contributed by atoms with van der Waals surface area (Å²) in [4.78, 5) is 0. The van der Waals surface area contributed by atoms with Gasteiger partial charge in [-0.2, -0.15) is 5.10 Å². The van der Waals surface area contributed by atoms with Crippen LogP contribution in [0.4, 0.5) is 5.69 Å². The standard InChI is InChI=1S/C16H23N3O/c1-3-13-5-7-14(8-6-13)16(4-2)18-15-11-17-19(12-15)9-10-20/h5-8,11-12,16,18,20H,3-4,9-10H2,1-2H3. The van der Waals surface area contributed by atoms with E-state index in [-0.39, 0.29) is 12.6 Å². The summed E-state index contributed by atoms with van der Waals surface area (Å²) < 4.78 is 1.75. The summed E-state index contributed by atoms with van der Waals surface area (Å²) in [6.45, 7) is 4.98. The summed E-state index contributed by atoms with van der Waals surface area (Å²) in [5, 5.41) is 16.6. The molecule has 4 heteroatoms. The fourth-order valence-electron chi connectivity index (χ4n) is 2.27. The fourth-order valence-corrected chi connectivity index (χ4v) is 2.27. The normalized spacial score (nSPS) is 12.3. The van der Waals surface area contributed by atoms with Crippen LogP contribution in [0.2, 0.25) is 0 Å². The van der Waals surface area contributed by atoms with E-state index in [1.165, 1.54) is 11.1 Å². The van der Waals surface area contributed by atoms with Gasteiger partial charge >= 0.3 is 0 Å². The van der Waals surface area contributed by atoms with Gasteiger partial charge in [-0.05, 0) is 24.0 Å². The van der Waals surface area contributed by atoms with Gasteiger partial charge in [-0.1, -0.05) is 38.1 Å². The average Bonchev–Trinajstić information content (AvgIpc) is 2.93. The highest BCUT2D eigenvalue weighted by atomic mass is 16.3. The third-order valence-electron chi connectivity index (χ3n) is 3.50. The lowest BCUT2D eigenvalue weighted by Crippen LogP contribution is -2.09. The molecule has 1 atom stereocenters. The second-order valence-electron chi connectivity index (χ2n) is 4.92. The Morgan fingerprint density at radius 3 is 2.60 bits per heavy atom. The zero-order valence-electron chi connectivity index (χ0n) is 12.2. The number of aliphatic hydroxyl groups excluding tert-OH is 1. The zero-order valence-corrected chi connectivity index (χ0v) is 12.2. The van der Waals surface area contributed by atoms with Crippen LogP contribution in [-0.2, 0) is 13.0 Å². The van der Waals surface area contributed by atoms with Gasteiger partial charge in [-0.25, -0.2) is 0 Å². The first-order valence-electron chi connectivity index (χ1n) is 7.25. The van der Waals surface area contributed by atoms with Crippen molar-refractivity contribution in [3.05, 3.63) is 47.8 Å². The van der Waals surface area contributed by atoms with Crippen molar-refractivity contribution in [3.63, 3.8) is 0 Å². The number of aromatic nitrogens is 2. The van der Waals surface area contributed by atoms with Crippen LogP contribution >= 0.6 is 0 Å². The van der Waals surface area contributed by atoms with E-state index in [9.17, 15) is 0 Å². The Kier molecular flexibility index (Phi) is 5.18. The number of aryl methyl sites for hydroxylation is 1. The van der Waals surface area contributed by atoms with Crippen LogP contribution in [0.25, 0.3) is 0 Å². The number of benzene rings is 1. The molecule has 1 heterocycles. The zero-order chi connectivity index (χ0) is 14.4. The third-order valence-corrected chi connectivity index (χ3v) is 3.50. The maximum absolute atomic E-state index is 8.90. The molecule has 0 saturated carbocycles. The topological polar surface area (TPSA) is 50.1 Å². The molecule has 1 unspecified atom stereocenters. The quantitative estimate of drug-likeness (QED) is 0.815. The number of aliphatic hydroxyl groups is 1. The number of rotatable bonds is 7. The molecule has 0 spiro atoms. The molecule has 1 aromatic carbocycles. The van der Waals surface area contributed by atoms with Gasteiger partial charge < -0.3 is 10.4 Å². The molecule has 0 aliphatic rings. The highest BCUT2D eigenvalue weighted by Gasteiger charge is 2.10. The second kappa shape index (κ2) is 7.10. The molecule has 20 heavy (non-hydrogen) atoms. The van der Waals surface area contributed by atoms with Crippen molar-refractivity contribution in [2.75, 3.05) is 11.9 Å². The minimum Gasteiger partial charge on any atom is -0.394 e. The Morgan fingerprint density at radius 2 is 2.00 bits per heavy atom. The van der Waals surface area contributed by atoms with E-state index in [2.05, 4.69) is 48.5 Å². The van der Waals surface area contributed by atoms with Crippen molar-refractivity contribution < 1.29 is 5.11 Å². The predicted molar refractivity (Wildman–Crippen MR) is 81.8 cm³/mol. The van der Waals surface area contributed by atoms with Gasteiger partial charge in [0.25, 0.3) is 0 Å². The summed E-state index contributed by atoms with van der Waals surface area (Å²) in [5.41, 5.74) is 3.64. The Hall–Kier alpha value is -1.81. The Labute approximate surface area is 120 Å². The van der Waals surface area contributed by atoms with E-state index in [1.54, 1.807) is 10.9 Å². The molecule has 108 valence electrons. The van der Waals surface area contributed by atoms with Crippen molar-refractivity contribution in [1.82, 2.24) is 9.78 Å². The first-order chi connectivity index (χ1) is 9.76. The highest BCUT2D eigenvalue weighted by Crippen LogP contribution is 2.22. The van der Waals surface area contributed by atoms with E-state index >= 15 is 0 Å². The maximum Gasteiger partial charge on any atom is 0.0731 e. The van der Waals surface area contributed by atoms with Crippen LogP contribution in [0.3, 0.4) is 0 Å². The number of anilines is 1. The van der Waals surface area contributed by atoms with E-state index in [0.717, 1.165) is 18.5 Å². The van der Waals surface area contributed by atoms with Gasteiger partial charge in [0.05, 0.1) is 31.1 Å². The Balaban J connectivity index is 2.06. The average molecular weight is 273 g/mol. The van der Waals surface area contributed by atoms with Crippen molar-refractivity contribution in [3.8, 4) is 0 Å². The number of hydrogen-bond acceptors (Lipinski definition) is 3. The molecule has 0 radical (unpaired) electrons. The summed E-state index contributed by atoms with van der Waals surface area (Å²) in [6, 6.07) is 9.05. The lowest BCUT2D eigenvalue weighted by molar-refractivity contribution is 0.269. The summed E-state index contributed by atoms with van der Waals surface area (Å²) in [6.07, 6.45) is 5.81. The first kappa shape index (κ1) is 14.6. The van der Waals surface area contributed by atoms with Crippen LogP contribution in [0.5, 0.6) is 0 Å². The summed E-state index contributed by atoms with van der Waals surface area (Å²) in [5.74, 6) is 0. The molecule has 0 aliphatic carbocycles. The molecule has 2 rings (SSSR count). The van der Waals surface area contributed by atoms with Gasteiger partial charge in [-0.15, -0.1) is 0 Å². The molecule has 0 fully saturated rings. The van der Waals surface area contributed by atoms with Crippen molar-refractivity contribution in [1.29, 1.82) is 0 Å². The Bertz CT molecular complexity index is 519. The summed E-state index contributed by atoms with van der Waals surface area (Å²) >= 11 is 0. The van der Waals surface area contributed by atoms with E-state index in [4.69, 9.17) is 5.11 Å². The molecular weight excluding hydrogens is 250 g/mol. The van der Waals surface area contributed by atoms with E-state index in [1.807, 2.05) is 6.20 Å². The molecular formula is C16H23N3O. The van der Waals surface area contributed by atoms with Crippen LogP contribution in [0.15, 0.2) is 36.7 Å². The van der Waals surface area contributed by atoms with E-state index < -0.39 is 0 Å². The number of nitrogens with zero attached hydrogens (tertiary/aromatic N) is 2. The lowest BCUT2D eigenvalue weighted by Gasteiger charge is -2.17. The van der Waals surface area contributed by atoms with Crippen molar-refractivity contribution in [2.45, 2.75) is 39.3 Å². The smallest absolute Gasteiger partial charge is 0.0731 e. The second-order valence-corrected chi connectivity index (χ2v) is 4.92. The van der Waals surface area contributed by atoms with Crippen molar-refractivity contribution >= 4 is 5.69 Å². The third kappa shape index (κ3) is 3.61. The molecule has 0 amide bonds. The molecule has 2 aromatic rings. The monoisotopic (exact) mass is 273 g/mol. The van der Waals surface area contributed by atoms with Gasteiger partial charge in [-0.3, -0.25) is 4.68 Å². The molecule has 0 aliphatic heterocycles. The number of hydrogen-bond donors (Lipinski definition) is 2. The fraction of sp³-hybridized carbons (Fsp3) is 0.438. The Morgan fingerprint density at radius 1 is 1.25 bits per heavy atom. The van der Waals surface area contributed by atoms with Gasteiger partial charge in [0.1, 0.15) is 0 Å². The SMILES string of the molecule is CCc1ccc(C(CC)Nc2cnn(CCO)c2)cc1. The van der Waals surface area contributed by atoms with Gasteiger partial charge in [0.15, 0.2) is 0 Å². The number of nitrogens with one attached hydrogen (secondary N) is 1. The first-order valence-corrected chi connectivity index (χ1v) is 7.25. The predicted octanol–water partition coefficient (Wildman–Crippen LogP) is 3.00. The highest BCUT2D eigenvalue weighted by molar-refractivity contribution is 5.42. The maximum atomic E-state index is 8.90. The molecule has 2 N–H and O–H groups in total. The lowest BCUT2D eigenvalue weighted by atomic mass is 10.0. The summed E-state index contributed by atoms with van der Waals surface area (Å²) in [7, 11) is 0. The van der Waals surface area contributed by atoms with Gasteiger partial charge in [0.2, 0.25) is 0 Å². The minimum absolute atomic E-state index is 0.108. The molecule has 0 bridgehead atoms. The molecule has 4 nitrogen and oxygen atoms in total. The molecule has 0 saturated heterocycles. The van der Waals surface area contributed by atoms with Crippen LogP contribution in [-0.4, -0.2) is 21.5 Å².